The van der Waals surface area contributed by atoms with Crippen LogP contribution in [-0.2, 0) is 15.6 Å². The molecular formula is C30H44N2O6Si. The van der Waals surface area contributed by atoms with Crippen LogP contribution in [0.5, 0.6) is 5.75 Å². The Morgan fingerprint density at radius 2 is 1.64 bits per heavy atom. The highest BCUT2D eigenvalue weighted by Crippen LogP contribution is 2.40. The van der Waals surface area contributed by atoms with Crippen LogP contribution in [-0.4, -0.2) is 54.6 Å². The molecule has 1 saturated heterocycles. The third-order valence-electron chi connectivity index (χ3n) is 7.61. The van der Waals surface area contributed by atoms with E-state index in [4.69, 9.17) is 13.9 Å². The number of carbonyl (C=O) groups is 1. The summed E-state index contributed by atoms with van der Waals surface area (Å²) in [6, 6.07) is 15.8. The Bertz CT molecular complexity index is 1110. The lowest BCUT2D eigenvalue weighted by Gasteiger charge is -2.43. The van der Waals surface area contributed by atoms with E-state index in [1.54, 1.807) is 12.1 Å². The summed E-state index contributed by atoms with van der Waals surface area (Å²) in [4.78, 5) is 26.2. The van der Waals surface area contributed by atoms with Gasteiger partial charge < -0.3 is 13.9 Å². The smallest absolute Gasteiger partial charge is 0.410 e. The number of para-hydroxylation sites is 1. The molecule has 0 aromatic heterocycles. The minimum absolute atomic E-state index is 0.0223. The normalized spacial score (nSPS) is 19.0. The van der Waals surface area contributed by atoms with Gasteiger partial charge in [-0.1, -0.05) is 51.1 Å². The van der Waals surface area contributed by atoms with Crippen LogP contribution < -0.4 is 4.74 Å². The van der Waals surface area contributed by atoms with Gasteiger partial charge in [-0.05, 0) is 75.9 Å². The number of benzene rings is 2. The van der Waals surface area contributed by atoms with Crippen molar-refractivity contribution in [3.63, 3.8) is 0 Å². The first-order valence-corrected chi connectivity index (χ1v) is 16.6. The Labute approximate surface area is 233 Å². The molecule has 0 radical (unpaired) electrons. The van der Waals surface area contributed by atoms with Crippen molar-refractivity contribution in [3.8, 4) is 5.75 Å². The quantitative estimate of drug-likeness (QED) is 0.182. The van der Waals surface area contributed by atoms with E-state index >= 15 is 0 Å². The number of carbonyl (C=O) groups excluding carboxylic acids is 1. The van der Waals surface area contributed by atoms with Crippen LogP contribution in [0.3, 0.4) is 0 Å². The second-order valence-corrected chi connectivity index (χ2v) is 17.6. The summed E-state index contributed by atoms with van der Waals surface area (Å²) in [5.74, 6) is 0.755. The Hall–Kier alpha value is -2.91. The Morgan fingerprint density at radius 1 is 1.03 bits per heavy atom. The van der Waals surface area contributed by atoms with Gasteiger partial charge in [0.15, 0.2) is 8.32 Å². The van der Waals surface area contributed by atoms with E-state index in [9.17, 15) is 14.9 Å². The Balaban J connectivity index is 1.93. The monoisotopic (exact) mass is 556 g/mol. The first-order valence-electron chi connectivity index (χ1n) is 13.7. The fraction of sp³-hybridized carbons (Fsp3) is 0.567. The van der Waals surface area contributed by atoms with Crippen molar-refractivity contribution in [1.29, 1.82) is 0 Å². The molecule has 1 heterocycles. The average molecular weight is 557 g/mol. The molecule has 0 aliphatic carbocycles. The first-order chi connectivity index (χ1) is 18.1. The van der Waals surface area contributed by atoms with E-state index < -0.39 is 18.8 Å². The Kier molecular flexibility index (Phi) is 9.49. The summed E-state index contributed by atoms with van der Waals surface area (Å²) in [6.45, 7) is 16.9. The number of hydrogen-bond donors (Lipinski definition) is 0. The van der Waals surface area contributed by atoms with Crippen molar-refractivity contribution in [2.24, 2.45) is 0 Å². The molecular weight excluding hydrogens is 512 g/mol. The number of non-ortho nitro benzene ring substituents is 1. The lowest BCUT2D eigenvalue weighted by molar-refractivity contribution is -0.384. The molecule has 0 spiro atoms. The van der Waals surface area contributed by atoms with Gasteiger partial charge in [-0.2, -0.15) is 0 Å². The summed E-state index contributed by atoms with van der Waals surface area (Å²) < 4.78 is 19.1. The van der Waals surface area contributed by atoms with Crippen molar-refractivity contribution in [2.75, 3.05) is 6.61 Å². The van der Waals surface area contributed by atoms with Gasteiger partial charge >= 0.3 is 6.09 Å². The summed E-state index contributed by atoms with van der Waals surface area (Å²) >= 11 is 0. The van der Waals surface area contributed by atoms with Gasteiger partial charge in [-0.25, -0.2) is 4.79 Å². The van der Waals surface area contributed by atoms with Crippen molar-refractivity contribution in [2.45, 2.75) is 103 Å². The van der Waals surface area contributed by atoms with Gasteiger partial charge in [-0.15, -0.1) is 0 Å². The number of ether oxygens (including phenoxy) is 2. The van der Waals surface area contributed by atoms with Gasteiger partial charge in [0.1, 0.15) is 18.0 Å². The average Bonchev–Trinajstić information content (AvgIpc) is 3.24. The molecule has 1 fully saturated rings. The topological polar surface area (TPSA) is 91.1 Å². The highest BCUT2D eigenvalue weighted by Gasteiger charge is 2.47. The highest BCUT2D eigenvalue weighted by atomic mass is 28.4. The van der Waals surface area contributed by atoms with Crippen molar-refractivity contribution < 1.29 is 23.6 Å². The minimum Gasteiger partial charge on any atom is -0.491 e. The zero-order valence-corrected chi connectivity index (χ0v) is 25.6. The molecule has 0 saturated carbocycles. The van der Waals surface area contributed by atoms with Crippen LogP contribution in [0.1, 0.15) is 59.9 Å². The molecule has 0 unspecified atom stereocenters. The molecule has 1 aliphatic rings. The molecule has 0 N–H and O–H groups in total. The number of rotatable bonds is 9. The molecule has 0 bridgehead atoms. The van der Waals surface area contributed by atoms with Gasteiger partial charge in [0.2, 0.25) is 0 Å². The second kappa shape index (κ2) is 12.1. The highest BCUT2D eigenvalue weighted by molar-refractivity contribution is 6.74. The van der Waals surface area contributed by atoms with Crippen molar-refractivity contribution in [3.05, 3.63) is 70.3 Å². The van der Waals surface area contributed by atoms with Gasteiger partial charge in [0, 0.05) is 18.2 Å². The maximum absolute atomic E-state index is 13.7. The predicted molar refractivity (Wildman–Crippen MR) is 156 cm³/mol. The summed E-state index contributed by atoms with van der Waals surface area (Å²) in [5, 5.41) is 11.1. The molecule has 214 valence electrons. The number of hydrogen-bond acceptors (Lipinski definition) is 6. The number of likely N-dealkylation sites (tertiary alicyclic amines) is 1. The first kappa shape index (κ1) is 30.6. The zero-order valence-electron chi connectivity index (χ0n) is 24.6. The summed E-state index contributed by atoms with van der Waals surface area (Å²) in [7, 11) is -2.22. The van der Waals surface area contributed by atoms with E-state index in [0.717, 1.165) is 24.2 Å². The fourth-order valence-electron chi connectivity index (χ4n) is 4.58. The van der Waals surface area contributed by atoms with Crippen molar-refractivity contribution in [1.82, 2.24) is 4.90 Å². The Morgan fingerprint density at radius 3 is 2.18 bits per heavy atom. The summed E-state index contributed by atoms with van der Waals surface area (Å²) in [5.41, 5.74) is 0.327. The molecule has 1 aliphatic heterocycles. The number of nitrogens with zero attached hydrogens (tertiary/aromatic N) is 2. The number of amides is 1. The molecule has 3 atom stereocenters. The molecule has 1 amide bonds. The lowest BCUT2D eigenvalue weighted by atomic mass is 10.0. The fourth-order valence-corrected chi connectivity index (χ4v) is 5.91. The molecule has 8 nitrogen and oxygen atoms in total. The second-order valence-electron chi connectivity index (χ2n) is 12.9. The van der Waals surface area contributed by atoms with Crippen LogP contribution in [0.4, 0.5) is 10.5 Å². The third kappa shape index (κ3) is 8.29. The lowest BCUT2D eigenvalue weighted by Crippen LogP contribution is -2.55. The van der Waals surface area contributed by atoms with E-state index in [2.05, 4.69) is 33.9 Å². The minimum atomic E-state index is -2.22. The predicted octanol–water partition coefficient (Wildman–Crippen LogP) is 7.37. The van der Waals surface area contributed by atoms with E-state index in [-0.39, 0.29) is 35.0 Å². The van der Waals surface area contributed by atoms with E-state index in [1.165, 1.54) is 12.1 Å². The molecule has 39 heavy (non-hydrogen) atoms. The van der Waals surface area contributed by atoms with Crippen LogP contribution >= 0.6 is 0 Å². The largest absolute Gasteiger partial charge is 0.491 e. The van der Waals surface area contributed by atoms with Crippen LogP contribution in [0.2, 0.25) is 18.1 Å². The van der Waals surface area contributed by atoms with Crippen molar-refractivity contribution >= 4 is 20.1 Å². The standard InChI is InChI=1S/C30H44N2O6Si/c1-29(2,3)37-28(33)31-24(20-22-14-16-23(17-15-22)32(34)35)18-19-26(31)27(38-39(7,8)30(4,5)6)21-36-25-12-10-9-11-13-25/h9-17,24,26-27H,18-21H2,1-8H3/t24-,26+,27+/m0/s1. The number of nitro groups is 1. The molecule has 2 aromatic carbocycles. The van der Waals surface area contributed by atoms with Crippen LogP contribution in [0.25, 0.3) is 0 Å². The SMILES string of the molecule is CC(C)(C)OC(=O)N1[C@H](Cc2ccc([N+](=O)[O-])cc2)CC[C@@H]1[C@@H](COc1ccccc1)O[Si](C)(C)C(C)(C)C. The van der Waals surface area contributed by atoms with E-state index in [0.29, 0.717) is 13.0 Å². The zero-order chi connectivity index (χ0) is 29.0. The third-order valence-corrected chi connectivity index (χ3v) is 12.1. The molecule has 3 rings (SSSR count). The maximum Gasteiger partial charge on any atom is 0.410 e. The van der Waals surface area contributed by atoms with Gasteiger partial charge in [0.25, 0.3) is 5.69 Å². The maximum atomic E-state index is 13.7. The van der Waals surface area contributed by atoms with E-state index in [1.807, 2.05) is 56.0 Å². The summed E-state index contributed by atoms with van der Waals surface area (Å²) in [6.07, 6.45) is 1.36. The van der Waals surface area contributed by atoms with Crippen LogP contribution in [0.15, 0.2) is 54.6 Å². The number of nitro benzene ring substituents is 1. The van der Waals surface area contributed by atoms with Crippen LogP contribution in [0, 0.1) is 10.1 Å². The van der Waals surface area contributed by atoms with Gasteiger partial charge in [0.05, 0.1) is 17.1 Å². The molecule has 2 aromatic rings. The van der Waals surface area contributed by atoms with Gasteiger partial charge in [-0.3, -0.25) is 15.0 Å². The molecule has 9 heteroatoms.